The fraction of sp³-hybridized carbons (Fsp3) is 0.700. The van der Waals surface area contributed by atoms with Gasteiger partial charge in [-0.25, -0.2) is 0 Å². The van der Waals surface area contributed by atoms with Crippen LogP contribution in [0.15, 0.2) is 6.20 Å². The van der Waals surface area contributed by atoms with E-state index in [2.05, 4.69) is 29.7 Å². The second-order valence-corrected chi connectivity index (χ2v) is 5.09. The van der Waals surface area contributed by atoms with Gasteiger partial charge in [0, 0.05) is 23.7 Å². The lowest BCUT2D eigenvalue weighted by Crippen LogP contribution is -2.07. The average Bonchev–Trinajstić information content (AvgIpc) is 2.55. The number of imidazole rings is 1. The van der Waals surface area contributed by atoms with Gasteiger partial charge in [0.05, 0.1) is 0 Å². The van der Waals surface area contributed by atoms with E-state index >= 15 is 0 Å². The normalized spacial score (nSPS) is 13.1. The zero-order valence-corrected chi connectivity index (χ0v) is 10.7. The number of nitrogens with zero attached hydrogens (tertiary/aromatic N) is 1. The van der Waals surface area contributed by atoms with Crippen molar-refractivity contribution in [3.63, 3.8) is 0 Å². The van der Waals surface area contributed by atoms with Crippen molar-refractivity contribution in [2.75, 3.05) is 6.26 Å². The molecule has 0 saturated heterocycles. The number of nitrogens with one attached hydrogen (secondary N) is 1. The SMILES string of the molecule is CCc1c[nH]c(=S)n1CCC(C)SC. The van der Waals surface area contributed by atoms with Crippen LogP contribution in [0.4, 0.5) is 0 Å². The standard InChI is InChI=1S/C10H18N2S2/c1-4-9-7-11-10(13)12(9)6-5-8(2)14-3/h7-8H,4-6H2,1-3H3,(H,11,13). The monoisotopic (exact) mass is 230 g/mol. The Morgan fingerprint density at radius 1 is 1.64 bits per heavy atom. The lowest BCUT2D eigenvalue weighted by molar-refractivity contribution is 0.612. The van der Waals surface area contributed by atoms with Gasteiger partial charge in [0.1, 0.15) is 0 Å². The molecule has 0 saturated carbocycles. The highest BCUT2D eigenvalue weighted by atomic mass is 32.2. The van der Waals surface area contributed by atoms with E-state index in [1.54, 1.807) is 0 Å². The van der Waals surface area contributed by atoms with Gasteiger partial charge in [-0.1, -0.05) is 13.8 Å². The van der Waals surface area contributed by atoms with Gasteiger partial charge in [-0.2, -0.15) is 11.8 Å². The van der Waals surface area contributed by atoms with E-state index in [0.29, 0.717) is 5.25 Å². The van der Waals surface area contributed by atoms with Gasteiger partial charge in [0.2, 0.25) is 0 Å². The largest absolute Gasteiger partial charge is 0.337 e. The van der Waals surface area contributed by atoms with E-state index in [-0.39, 0.29) is 0 Å². The van der Waals surface area contributed by atoms with Crippen molar-refractivity contribution in [1.29, 1.82) is 0 Å². The summed E-state index contributed by atoms with van der Waals surface area (Å²) in [6.07, 6.45) is 6.40. The summed E-state index contributed by atoms with van der Waals surface area (Å²) in [4.78, 5) is 3.10. The Kier molecular flexibility index (Phi) is 4.75. The highest BCUT2D eigenvalue weighted by molar-refractivity contribution is 7.99. The van der Waals surface area contributed by atoms with E-state index in [0.717, 1.165) is 17.7 Å². The van der Waals surface area contributed by atoms with Crippen molar-refractivity contribution >= 4 is 24.0 Å². The highest BCUT2D eigenvalue weighted by Crippen LogP contribution is 2.12. The first kappa shape index (κ1) is 11.9. The smallest absolute Gasteiger partial charge is 0.177 e. The maximum absolute atomic E-state index is 5.23. The Morgan fingerprint density at radius 2 is 2.36 bits per heavy atom. The van der Waals surface area contributed by atoms with Crippen molar-refractivity contribution in [2.45, 2.75) is 38.5 Å². The van der Waals surface area contributed by atoms with Gasteiger partial charge in [-0.15, -0.1) is 0 Å². The van der Waals surface area contributed by atoms with Crippen molar-refractivity contribution < 1.29 is 0 Å². The van der Waals surface area contributed by atoms with E-state index in [9.17, 15) is 0 Å². The van der Waals surface area contributed by atoms with Crippen molar-refractivity contribution in [3.8, 4) is 0 Å². The van der Waals surface area contributed by atoms with Gasteiger partial charge in [-0.3, -0.25) is 0 Å². The lowest BCUT2D eigenvalue weighted by atomic mass is 10.3. The van der Waals surface area contributed by atoms with E-state index in [4.69, 9.17) is 12.2 Å². The molecule has 1 heterocycles. The molecule has 2 nitrogen and oxygen atoms in total. The fourth-order valence-corrected chi connectivity index (χ4v) is 2.01. The zero-order chi connectivity index (χ0) is 10.6. The van der Waals surface area contributed by atoms with E-state index < -0.39 is 0 Å². The van der Waals surface area contributed by atoms with Crippen LogP contribution in [0.3, 0.4) is 0 Å². The molecule has 0 aliphatic heterocycles. The molecule has 1 unspecified atom stereocenters. The number of H-pyrrole nitrogens is 1. The summed E-state index contributed by atoms with van der Waals surface area (Å²) in [5.41, 5.74) is 1.31. The van der Waals surface area contributed by atoms with Crippen LogP contribution in [0.5, 0.6) is 0 Å². The molecule has 1 rings (SSSR count). The van der Waals surface area contributed by atoms with Gasteiger partial charge in [0.25, 0.3) is 0 Å². The lowest BCUT2D eigenvalue weighted by Gasteiger charge is -2.10. The highest BCUT2D eigenvalue weighted by Gasteiger charge is 2.04. The van der Waals surface area contributed by atoms with Crippen LogP contribution in [0.2, 0.25) is 0 Å². The Labute approximate surface area is 95.1 Å². The molecule has 1 aromatic heterocycles. The summed E-state index contributed by atoms with van der Waals surface area (Å²) in [7, 11) is 0. The summed E-state index contributed by atoms with van der Waals surface area (Å²) in [6.45, 7) is 5.45. The quantitative estimate of drug-likeness (QED) is 0.784. The molecule has 0 radical (unpaired) electrons. The molecule has 0 fully saturated rings. The van der Waals surface area contributed by atoms with Crippen LogP contribution in [-0.2, 0) is 13.0 Å². The number of aromatic nitrogens is 2. The van der Waals surface area contributed by atoms with Crippen LogP contribution < -0.4 is 0 Å². The predicted octanol–water partition coefficient (Wildman–Crippen LogP) is 3.25. The minimum atomic E-state index is 0.705. The maximum Gasteiger partial charge on any atom is 0.177 e. The first-order valence-electron chi connectivity index (χ1n) is 4.99. The van der Waals surface area contributed by atoms with Gasteiger partial charge < -0.3 is 9.55 Å². The topological polar surface area (TPSA) is 20.7 Å². The number of thioether (sulfide) groups is 1. The van der Waals surface area contributed by atoms with Crippen LogP contribution in [0, 0.1) is 4.77 Å². The molecule has 0 aliphatic carbocycles. The number of hydrogen-bond donors (Lipinski definition) is 1. The van der Waals surface area contributed by atoms with E-state index in [1.165, 1.54) is 12.1 Å². The van der Waals surface area contributed by atoms with Crippen molar-refractivity contribution in [3.05, 3.63) is 16.7 Å². The van der Waals surface area contributed by atoms with Crippen LogP contribution >= 0.6 is 24.0 Å². The molecule has 1 atom stereocenters. The number of rotatable bonds is 5. The fourth-order valence-electron chi connectivity index (χ4n) is 1.40. The van der Waals surface area contributed by atoms with Crippen LogP contribution in [0.25, 0.3) is 0 Å². The van der Waals surface area contributed by atoms with Gasteiger partial charge in [0.15, 0.2) is 4.77 Å². The van der Waals surface area contributed by atoms with Gasteiger partial charge >= 0.3 is 0 Å². The van der Waals surface area contributed by atoms with Gasteiger partial charge in [-0.05, 0) is 31.3 Å². The summed E-state index contributed by atoms with van der Waals surface area (Å²) in [5, 5.41) is 0.705. The molecule has 0 bridgehead atoms. The minimum Gasteiger partial charge on any atom is -0.337 e. The Morgan fingerprint density at radius 3 is 2.93 bits per heavy atom. The third-order valence-corrected chi connectivity index (χ3v) is 3.86. The molecule has 4 heteroatoms. The molecular weight excluding hydrogens is 212 g/mol. The molecule has 14 heavy (non-hydrogen) atoms. The minimum absolute atomic E-state index is 0.705. The van der Waals surface area contributed by atoms with Crippen LogP contribution in [0.1, 0.15) is 26.0 Å². The third kappa shape index (κ3) is 2.89. The molecule has 0 spiro atoms. The molecule has 0 aliphatic rings. The second kappa shape index (κ2) is 5.61. The van der Waals surface area contributed by atoms with Crippen molar-refractivity contribution in [2.24, 2.45) is 0 Å². The Balaban J connectivity index is 2.65. The van der Waals surface area contributed by atoms with E-state index in [1.807, 2.05) is 18.0 Å². The zero-order valence-electron chi connectivity index (χ0n) is 9.04. The summed E-state index contributed by atoms with van der Waals surface area (Å²) < 4.78 is 3.07. The average molecular weight is 230 g/mol. The molecule has 0 amide bonds. The van der Waals surface area contributed by atoms with Crippen molar-refractivity contribution in [1.82, 2.24) is 9.55 Å². The molecular formula is C10H18N2S2. The first-order valence-corrected chi connectivity index (χ1v) is 6.68. The third-order valence-electron chi connectivity index (χ3n) is 2.48. The summed E-state index contributed by atoms with van der Waals surface area (Å²) in [6, 6.07) is 0. The summed E-state index contributed by atoms with van der Waals surface area (Å²) in [5.74, 6) is 0. The maximum atomic E-state index is 5.23. The molecule has 1 N–H and O–H groups in total. The number of aromatic amines is 1. The Hall–Kier alpha value is -0.220. The number of hydrogen-bond acceptors (Lipinski definition) is 2. The molecule has 1 aromatic rings. The molecule has 0 aromatic carbocycles. The predicted molar refractivity (Wildman–Crippen MR) is 66.6 cm³/mol. The second-order valence-electron chi connectivity index (χ2n) is 3.43. The Bertz CT molecular complexity index is 327. The first-order chi connectivity index (χ1) is 6.69. The summed E-state index contributed by atoms with van der Waals surface area (Å²) >= 11 is 7.14. The number of aryl methyl sites for hydroxylation is 1. The molecule has 80 valence electrons. The van der Waals surface area contributed by atoms with Crippen LogP contribution in [-0.4, -0.2) is 21.1 Å².